The van der Waals surface area contributed by atoms with Crippen molar-refractivity contribution in [3.05, 3.63) is 88.0 Å². The van der Waals surface area contributed by atoms with Crippen LogP contribution < -0.4 is 0 Å². The van der Waals surface area contributed by atoms with E-state index in [4.69, 9.17) is 0 Å². The number of phenols is 2. The van der Waals surface area contributed by atoms with E-state index >= 15 is 0 Å². The van der Waals surface area contributed by atoms with E-state index in [0.29, 0.717) is 16.8 Å². The summed E-state index contributed by atoms with van der Waals surface area (Å²) in [6.07, 6.45) is 2.86. The average molecular weight is 361 g/mol. The molecule has 0 bridgehead atoms. The Bertz CT molecular complexity index is 1040. The standard InChI is InChI=1S/C20H15N3O4/c24-19-7-3-1-5-14(19)12-21-17-10-9-16(23(26)27)11-18(17)22-13-15-6-2-4-8-20(15)25/h1-13,24-25H. The SMILES string of the molecule is O=[N+]([O-])c1ccc(N=Cc2ccccc2O)c(N=Cc2ccccc2O)c1. The highest BCUT2D eigenvalue weighted by Gasteiger charge is 2.10. The van der Waals surface area contributed by atoms with Crippen molar-refractivity contribution in [1.82, 2.24) is 0 Å². The van der Waals surface area contributed by atoms with Crippen molar-refractivity contribution in [3.63, 3.8) is 0 Å². The molecule has 2 N–H and O–H groups in total. The lowest BCUT2D eigenvalue weighted by Gasteiger charge is -2.02. The molecule has 0 heterocycles. The number of nitrogens with zero attached hydrogens (tertiary/aromatic N) is 3. The van der Waals surface area contributed by atoms with Gasteiger partial charge in [-0.3, -0.25) is 20.1 Å². The fraction of sp³-hybridized carbons (Fsp3) is 0. The molecule has 7 nitrogen and oxygen atoms in total. The van der Waals surface area contributed by atoms with Crippen molar-refractivity contribution in [3.8, 4) is 11.5 Å². The second kappa shape index (κ2) is 7.92. The lowest BCUT2D eigenvalue weighted by molar-refractivity contribution is -0.384. The van der Waals surface area contributed by atoms with Gasteiger partial charge in [0, 0.05) is 35.7 Å². The summed E-state index contributed by atoms with van der Waals surface area (Å²) in [5, 5.41) is 30.7. The van der Waals surface area contributed by atoms with Gasteiger partial charge in [-0.1, -0.05) is 24.3 Å². The summed E-state index contributed by atoms with van der Waals surface area (Å²) in [5.41, 5.74) is 1.50. The number of aromatic hydroxyl groups is 2. The number of hydrogen-bond acceptors (Lipinski definition) is 6. The average Bonchev–Trinajstić information content (AvgIpc) is 2.67. The normalized spacial score (nSPS) is 11.3. The number of nitro groups is 1. The number of aliphatic imine (C=N–C) groups is 2. The highest BCUT2D eigenvalue weighted by molar-refractivity contribution is 5.89. The molecular formula is C20H15N3O4. The molecule has 0 saturated carbocycles. The summed E-state index contributed by atoms with van der Waals surface area (Å²) >= 11 is 0. The van der Waals surface area contributed by atoms with Crippen LogP contribution in [-0.2, 0) is 0 Å². The van der Waals surface area contributed by atoms with E-state index in [1.165, 1.54) is 42.8 Å². The van der Waals surface area contributed by atoms with E-state index in [0.717, 1.165) is 0 Å². The first-order chi connectivity index (χ1) is 13.0. The molecule has 134 valence electrons. The van der Waals surface area contributed by atoms with Crippen molar-refractivity contribution in [2.24, 2.45) is 9.98 Å². The number of rotatable bonds is 5. The zero-order valence-corrected chi connectivity index (χ0v) is 14.1. The highest BCUT2D eigenvalue weighted by Crippen LogP contribution is 2.32. The van der Waals surface area contributed by atoms with Crippen LogP contribution in [0.3, 0.4) is 0 Å². The molecule has 3 aromatic carbocycles. The van der Waals surface area contributed by atoms with Crippen LogP contribution in [0.5, 0.6) is 11.5 Å². The van der Waals surface area contributed by atoms with Crippen LogP contribution in [0.15, 0.2) is 76.7 Å². The van der Waals surface area contributed by atoms with Crippen molar-refractivity contribution >= 4 is 29.5 Å². The minimum absolute atomic E-state index is 0.0472. The molecular weight excluding hydrogens is 346 g/mol. The molecule has 0 amide bonds. The maximum Gasteiger partial charge on any atom is 0.271 e. The van der Waals surface area contributed by atoms with E-state index in [1.54, 1.807) is 36.4 Å². The molecule has 7 heteroatoms. The monoisotopic (exact) mass is 361 g/mol. The van der Waals surface area contributed by atoms with Gasteiger partial charge in [-0.25, -0.2) is 0 Å². The molecule has 0 spiro atoms. The van der Waals surface area contributed by atoms with Crippen molar-refractivity contribution in [2.45, 2.75) is 0 Å². The molecule has 0 aliphatic heterocycles. The quantitative estimate of drug-likeness (QED) is 0.396. The Morgan fingerprint density at radius 2 is 1.30 bits per heavy atom. The summed E-state index contributed by atoms with van der Waals surface area (Å²) < 4.78 is 0. The van der Waals surface area contributed by atoms with Crippen LogP contribution in [0.1, 0.15) is 11.1 Å². The van der Waals surface area contributed by atoms with E-state index < -0.39 is 4.92 Å². The van der Waals surface area contributed by atoms with Crippen LogP contribution in [0.2, 0.25) is 0 Å². The van der Waals surface area contributed by atoms with Crippen LogP contribution >= 0.6 is 0 Å². The Balaban J connectivity index is 2.00. The smallest absolute Gasteiger partial charge is 0.271 e. The maximum atomic E-state index is 11.1. The van der Waals surface area contributed by atoms with Gasteiger partial charge in [-0.05, 0) is 30.3 Å². The minimum Gasteiger partial charge on any atom is -0.507 e. The Labute approximate surface area is 154 Å². The van der Waals surface area contributed by atoms with Gasteiger partial charge in [0.25, 0.3) is 5.69 Å². The summed E-state index contributed by atoms with van der Waals surface area (Å²) in [4.78, 5) is 19.1. The van der Waals surface area contributed by atoms with Gasteiger partial charge in [0.2, 0.25) is 0 Å². The van der Waals surface area contributed by atoms with Crippen LogP contribution in [0.25, 0.3) is 0 Å². The van der Waals surface area contributed by atoms with Gasteiger partial charge < -0.3 is 10.2 Å². The molecule has 0 fully saturated rings. The van der Waals surface area contributed by atoms with Gasteiger partial charge >= 0.3 is 0 Å². The second-order valence-corrected chi connectivity index (χ2v) is 5.56. The van der Waals surface area contributed by atoms with Gasteiger partial charge in [0.15, 0.2) is 0 Å². The number of nitro benzene ring substituents is 1. The Kier molecular flexibility index (Phi) is 5.22. The Morgan fingerprint density at radius 1 is 0.778 bits per heavy atom. The van der Waals surface area contributed by atoms with E-state index in [9.17, 15) is 20.3 Å². The molecule has 0 saturated heterocycles. The predicted octanol–water partition coefficient (Wildman–Crippen LogP) is 4.51. The largest absolute Gasteiger partial charge is 0.507 e. The molecule has 0 atom stereocenters. The Hall–Kier alpha value is -4.00. The molecule has 3 aromatic rings. The third kappa shape index (κ3) is 4.35. The molecule has 0 aromatic heterocycles. The Morgan fingerprint density at radius 3 is 1.81 bits per heavy atom. The van der Waals surface area contributed by atoms with Crippen molar-refractivity contribution in [2.75, 3.05) is 0 Å². The van der Waals surface area contributed by atoms with Crippen LogP contribution in [0, 0.1) is 10.1 Å². The van der Waals surface area contributed by atoms with E-state index in [-0.39, 0.29) is 22.9 Å². The molecule has 0 aliphatic carbocycles. The first-order valence-corrected chi connectivity index (χ1v) is 7.97. The van der Waals surface area contributed by atoms with E-state index in [1.807, 2.05) is 0 Å². The second-order valence-electron chi connectivity index (χ2n) is 5.56. The summed E-state index contributed by atoms with van der Waals surface area (Å²) in [6.45, 7) is 0. The number of non-ortho nitro benzene ring substituents is 1. The number of phenolic OH excluding ortho intramolecular Hbond substituents is 2. The molecule has 27 heavy (non-hydrogen) atoms. The van der Waals surface area contributed by atoms with E-state index in [2.05, 4.69) is 9.98 Å². The highest BCUT2D eigenvalue weighted by atomic mass is 16.6. The summed E-state index contributed by atoms with van der Waals surface area (Å²) in [7, 11) is 0. The van der Waals surface area contributed by atoms with Gasteiger partial charge in [-0.2, -0.15) is 0 Å². The first kappa shape index (κ1) is 17.8. The lowest BCUT2D eigenvalue weighted by Crippen LogP contribution is -1.88. The number of para-hydroxylation sites is 2. The van der Waals surface area contributed by atoms with Crippen molar-refractivity contribution < 1.29 is 15.1 Å². The zero-order valence-electron chi connectivity index (χ0n) is 14.1. The predicted molar refractivity (Wildman–Crippen MR) is 104 cm³/mol. The fourth-order valence-corrected chi connectivity index (χ4v) is 2.31. The zero-order chi connectivity index (χ0) is 19.2. The third-order valence-corrected chi connectivity index (χ3v) is 3.73. The number of hydrogen-bond donors (Lipinski definition) is 2. The summed E-state index contributed by atoms with van der Waals surface area (Å²) in [6, 6.07) is 17.4. The topological polar surface area (TPSA) is 108 Å². The molecule has 3 rings (SSSR count). The van der Waals surface area contributed by atoms with Crippen LogP contribution in [0.4, 0.5) is 17.1 Å². The molecule has 0 radical (unpaired) electrons. The minimum atomic E-state index is -0.518. The molecule has 0 aliphatic rings. The first-order valence-electron chi connectivity index (χ1n) is 7.97. The van der Waals surface area contributed by atoms with Gasteiger partial charge in [-0.15, -0.1) is 0 Å². The maximum absolute atomic E-state index is 11.1. The van der Waals surface area contributed by atoms with Gasteiger partial charge in [0.1, 0.15) is 11.5 Å². The third-order valence-electron chi connectivity index (χ3n) is 3.73. The van der Waals surface area contributed by atoms with Gasteiger partial charge in [0.05, 0.1) is 16.3 Å². The fourth-order valence-electron chi connectivity index (χ4n) is 2.31. The van der Waals surface area contributed by atoms with Crippen molar-refractivity contribution in [1.29, 1.82) is 0 Å². The number of benzene rings is 3. The lowest BCUT2D eigenvalue weighted by atomic mass is 10.2. The molecule has 0 unspecified atom stereocenters. The summed E-state index contributed by atoms with van der Waals surface area (Å²) in [5.74, 6) is 0.119. The van der Waals surface area contributed by atoms with Crippen LogP contribution in [-0.4, -0.2) is 27.6 Å².